The van der Waals surface area contributed by atoms with Gasteiger partial charge < -0.3 is 15.0 Å². The summed E-state index contributed by atoms with van der Waals surface area (Å²) in [5.41, 5.74) is 2.32. The van der Waals surface area contributed by atoms with Crippen molar-refractivity contribution in [2.45, 2.75) is 51.2 Å². The third-order valence-electron chi connectivity index (χ3n) is 4.66. The van der Waals surface area contributed by atoms with Gasteiger partial charge in [-0.25, -0.2) is 4.79 Å². The van der Waals surface area contributed by atoms with E-state index in [1.54, 1.807) is 0 Å². The average Bonchev–Trinajstić information content (AvgIpc) is 2.46. The van der Waals surface area contributed by atoms with Crippen LogP contribution >= 0.6 is 0 Å². The quantitative estimate of drug-likeness (QED) is 0.801. The van der Waals surface area contributed by atoms with Crippen molar-refractivity contribution in [1.82, 2.24) is 10.2 Å². The Kier molecular flexibility index (Phi) is 3.89. The largest absolute Gasteiger partial charge is 0.444 e. The van der Waals surface area contributed by atoms with Crippen LogP contribution in [-0.2, 0) is 16.7 Å². The monoisotopic (exact) mass is 302 g/mol. The molecule has 0 aromatic heterocycles. The predicted molar refractivity (Wildman–Crippen MR) is 86.9 cm³/mol. The Hall–Kier alpha value is -1.55. The van der Waals surface area contributed by atoms with Gasteiger partial charge in [-0.1, -0.05) is 24.3 Å². The molecule has 0 aliphatic carbocycles. The second-order valence-electron chi connectivity index (χ2n) is 7.52. The van der Waals surface area contributed by atoms with Crippen molar-refractivity contribution in [3.63, 3.8) is 0 Å². The van der Waals surface area contributed by atoms with E-state index in [1.807, 2.05) is 25.7 Å². The lowest BCUT2D eigenvalue weighted by Gasteiger charge is -2.46. The van der Waals surface area contributed by atoms with Crippen molar-refractivity contribution in [3.05, 3.63) is 35.4 Å². The molecule has 2 aliphatic rings. The molecule has 0 atom stereocenters. The van der Waals surface area contributed by atoms with E-state index < -0.39 is 5.60 Å². The Balaban J connectivity index is 1.90. The van der Waals surface area contributed by atoms with Gasteiger partial charge in [-0.05, 0) is 57.8 Å². The zero-order valence-corrected chi connectivity index (χ0v) is 13.8. The number of nitrogens with zero attached hydrogens (tertiary/aromatic N) is 1. The van der Waals surface area contributed by atoms with Crippen LogP contribution in [0.3, 0.4) is 0 Å². The number of ether oxygens (including phenoxy) is 1. The van der Waals surface area contributed by atoms with Crippen LogP contribution in [0.1, 0.15) is 44.7 Å². The molecule has 0 bridgehead atoms. The van der Waals surface area contributed by atoms with Gasteiger partial charge >= 0.3 is 6.09 Å². The van der Waals surface area contributed by atoms with Gasteiger partial charge in [0.15, 0.2) is 0 Å². The van der Waals surface area contributed by atoms with E-state index in [2.05, 4.69) is 29.6 Å². The second-order valence-corrected chi connectivity index (χ2v) is 7.52. The van der Waals surface area contributed by atoms with Crippen LogP contribution in [0.2, 0.25) is 0 Å². The zero-order valence-electron chi connectivity index (χ0n) is 13.8. The summed E-state index contributed by atoms with van der Waals surface area (Å²) < 4.78 is 5.60. The van der Waals surface area contributed by atoms with Crippen LogP contribution in [0.15, 0.2) is 24.3 Å². The van der Waals surface area contributed by atoms with Gasteiger partial charge in [0.2, 0.25) is 0 Å². The molecule has 0 radical (unpaired) electrons. The van der Waals surface area contributed by atoms with Gasteiger partial charge in [0.25, 0.3) is 0 Å². The Labute approximate surface area is 132 Å². The highest BCUT2D eigenvalue weighted by Gasteiger charge is 2.42. The number of piperidine rings is 1. The van der Waals surface area contributed by atoms with Crippen molar-refractivity contribution in [2.75, 3.05) is 19.6 Å². The topological polar surface area (TPSA) is 41.6 Å². The normalized spacial score (nSPS) is 20.6. The first-order chi connectivity index (χ1) is 10.4. The van der Waals surface area contributed by atoms with Crippen molar-refractivity contribution in [3.8, 4) is 0 Å². The van der Waals surface area contributed by atoms with E-state index in [0.717, 1.165) is 32.5 Å². The van der Waals surface area contributed by atoms with Crippen LogP contribution in [0.4, 0.5) is 4.79 Å². The van der Waals surface area contributed by atoms with E-state index in [4.69, 9.17) is 4.74 Å². The van der Waals surface area contributed by atoms with Gasteiger partial charge in [0.1, 0.15) is 5.60 Å². The van der Waals surface area contributed by atoms with Crippen molar-refractivity contribution < 1.29 is 9.53 Å². The highest BCUT2D eigenvalue weighted by Crippen LogP contribution is 2.40. The Morgan fingerprint density at radius 1 is 1.23 bits per heavy atom. The molecule has 1 aromatic rings. The van der Waals surface area contributed by atoms with Crippen molar-refractivity contribution in [2.24, 2.45) is 0 Å². The van der Waals surface area contributed by atoms with E-state index in [0.29, 0.717) is 6.54 Å². The molecule has 2 heterocycles. The van der Waals surface area contributed by atoms with Gasteiger partial charge in [0.05, 0.1) is 0 Å². The smallest absolute Gasteiger partial charge is 0.410 e. The molecular weight excluding hydrogens is 276 g/mol. The molecule has 0 saturated carbocycles. The summed E-state index contributed by atoms with van der Waals surface area (Å²) in [6, 6.07) is 8.57. The molecule has 2 aliphatic heterocycles. The first kappa shape index (κ1) is 15.3. The Morgan fingerprint density at radius 2 is 1.91 bits per heavy atom. The van der Waals surface area contributed by atoms with Gasteiger partial charge in [0, 0.05) is 18.5 Å². The number of carbonyl (C=O) groups is 1. The summed E-state index contributed by atoms with van der Waals surface area (Å²) in [5, 5.41) is 3.43. The molecule has 1 saturated heterocycles. The number of carbonyl (C=O) groups excluding carboxylic acids is 1. The number of fused-ring (bicyclic) bond motifs is 2. The molecule has 3 rings (SSSR count). The molecule has 22 heavy (non-hydrogen) atoms. The van der Waals surface area contributed by atoms with Crippen molar-refractivity contribution in [1.29, 1.82) is 0 Å². The lowest BCUT2D eigenvalue weighted by atomic mass is 9.69. The standard InChI is InChI=1S/C18H26N2O2/c1-17(2,3)22-16(21)20-12-14-6-4-5-7-15(14)18(13-20)8-10-19-11-9-18/h4-7,19H,8-13H2,1-3H3. The highest BCUT2D eigenvalue weighted by molar-refractivity contribution is 5.69. The maximum Gasteiger partial charge on any atom is 0.410 e. The molecule has 1 fully saturated rings. The molecule has 1 N–H and O–H groups in total. The lowest BCUT2D eigenvalue weighted by Crippen LogP contribution is -2.53. The minimum Gasteiger partial charge on any atom is -0.444 e. The number of hydrogen-bond donors (Lipinski definition) is 1. The molecule has 120 valence electrons. The van der Waals surface area contributed by atoms with Crippen molar-refractivity contribution >= 4 is 6.09 Å². The van der Waals surface area contributed by atoms with Crippen LogP contribution in [0.25, 0.3) is 0 Å². The van der Waals surface area contributed by atoms with Gasteiger partial charge in [-0.2, -0.15) is 0 Å². The summed E-state index contributed by atoms with van der Waals surface area (Å²) >= 11 is 0. The lowest BCUT2D eigenvalue weighted by molar-refractivity contribution is 0.0138. The van der Waals surface area contributed by atoms with E-state index in [-0.39, 0.29) is 11.5 Å². The first-order valence-electron chi connectivity index (χ1n) is 8.17. The third kappa shape index (κ3) is 2.98. The Morgan fingerprint density at radius 3 is 2.59 bits per heavy atom. The van der Waals surface area contributed by atoms with E-state index >= 15 is 0 Å². The van der Waals surface area contributed by atoms with Gasteiger partial charge in [-0.3, -0.25) is 0 Å². The number of benzene rings is 1. The number of rotatable bonds is 0. The Bertz CT molecular complexity index is 556. The fourth-order valence-electron chi connectivity index (χ4n) is 3.68. The summed E-state index contributed by atoms with van der Waals surface area (Å²) in [4.78, 5) is 14.4. The summed E-state index contributed by atoms with van der Waals surface area (Å²) in [7, 11) is 0. The number of amides is 1. The molecule has 0 unspecified atom stereocenters. The molecule has 4 heteroatoms. The molecule has 1 spiro atoms. The number of hydrogen-bond acceptors (Lipinski definition) is 3. The fraction of sp³-hybridized carbons (Fsp3) is 0.611. The van der Waals surface area contributed by atoms with Crippen LogP contribution in [-0.4, -0.2) is 36.2 Å². The summed E-state index contributed by atoms with van der Waals surface area (Å²) in [5.74, 6) is 0. The van der Waals surface area contributed by atoms with Gasteiger partial charge in [-0.15, -0.1) is 0 Å². The van der Waals surface area contributed by atoms with Crippen LogP contribution < -0.4 is 5.32 Å². The number of nitrogens with one attached hydrogen (secondary N) is 1. The molecule has 4 nitrogen and oxygen atoms in total. The molecule has 1 amide bonds. The predicted octanol–water partition coefficient (Wildman–Crippen LogP) is 3.06. The zero-order chi connectivity index (χ0) is 15.8. The molecule has 1 aromatic carbocycles. The van der Waals surface area contributed by atoms with E-state index in [1.165, 1.54) is 11.1 Å². The highest BCUT2D eigenvalue weighted by atomic mass is 16.6. The molecular formula is C18H26N2O2. The maximum atomic E-state index is 12.5. The summed E-state index contributed by atoms with van der Waals surface area (Å²) in [6.07, 6.45) is 1.95. The average molecular weight is 302 g/mol. The van der Waals surface area contributed by atoms with Crippen LogP contribution in [0.5, 0.6) is 0 Å². The fourth-order valence-corrected chi connectivity index (χ4v) is 3.68. The SMILES string of the molecule is CC(C)(C)OC(=O)N1Cc2ccccc2C2(CCNCC2)C1. The maximum absolute atomic E-state index is 12.5. The first-order valence-corrected chi connectivity index (χ1v) is 8.17. The van der Waals surface area contributed by atoms with Crippen LogP contribution in [0, 0.1) is 0 Å². The summed E-state index contributed by atoms with van der Waals surface area (Å²) in [6.45, 7) is 9.20. The minimum atomic E-state index is -0.449. The van der Waals surface area contributed by atoms with E-state index in [9.17, 15) is 4.79 Å². The minimum absolute atomic E-state index is 0.0804. The second kappa shape index (κ2) is 5.58. The third-order valence-corrected chi connectivity index (χ3v) is 4.66.